The van der Waals surface area contributed by atoms with Crippen LogP contribution >= 0.6 is 0 Å². The summed E-state index contributed by atoms with van der Waals surface area (Å²) in [7, 11) is -2.15. The Labute approximate surface area is 154 Å². The van der Waals surface area contributed by atoms with Crippen LogP contribution in [0.25, 0.3) is 0 Å². The van der Waals surface area contributed by atoms with E-state index in [9.17, 15) is 26.8 Å². The number of hydrogen-bond acceptors (Lipinski definition) is 4. The fourth-order valence-electron chi connectivity index (χ4n) is 2.79. The number of hydrogen-bond donors (Lipinski definition) is 1. The van der Waals surface area contributed by atoms with Gasteiger partial charge in [0.1, 0.15) is 11.6 Å². The maximum atomic E-state index is 13.5. The molecule has 9 heteroatoms. The number of benzene rings is 2. The number of halogens is 2. The fourth-order valence-corrected chi connectivity index (χ4v) is 4.08. The van der Waals surface area contributed by atoms with Crippen molar-refractivity contribution < 1.29 is 26.8 Å². The van der Waals surface area contributed by atoms with Crippen molar-refractivity contribution in [3.63, 3.8) is 0 Å². The standard InChI is InChI=1S/C18H16F2N2O4S/c1-22-16-5-3-13(8-11(16)9-18(22)24)27(25,26)7-6-17(23)21-15-4-2-12(19)10-14(15)20/h2-5,8,10H,6-7,9H2,1H3,(H,21,23). The van der Waals surface area contributed by atoms with Crippen molar-refractivity contribution in [2.24, 2.45) is 0 Å². The SMILES string of the molecule is CN1C(=O)Cc2cc(S(=O)(=O)CCC(=O)Nc3ccc(F)cc3F)ccc21. The monoisotopic (exact) mass is 394 g/mol. The molecule has 0 spiro atoms. The van der Waals surface area contributed by atoms with Gasteiger partial charge < -0.3 is 10.2 Å². The molecule has 0 aliphatic carbocycles. The molecule has 0 atom stereocenters. The molecule has 0 fully saturated rings. The number of amides is 2. The molecule has 27 heavy (non-hydrogen) atoms. The summed E-state index contributed by atoms with van der Waals surface area (Å²) in [6, 6.07) is 7.05. The predicted octanol–water partition coefficient (Wildman–Crippen LogP) is 2.29. The molecule has 1 N–H and O–H groups in total. The second-order valence-electron chi connectivity index (χ2n) is 6.16. The topological polar surface area (TPSA) is 83.6 Å². The highest BCUT2D eigenvalue weighted by Crippen LogP contribution is 2.30. The third kappa shape index (κ3) is 3.97. The van der Waals surface area contributed by atoms with Gasteiger partial charge >= 0.3 is 0 Å². The zero-order valence-electron chi connectivity index (χ0n) is 14.3. The summed E-state index contributed by atoms with van der Waals surface area (Å²) in [6.45, 7) is 0. The van der Waals surface area contributed by atoms with E-state index in [1.54, 1.807) is 13.1 Å². The van der Waals surface area contributed by atoms with Crippen LogP contribution < -0.4 is 10.2 Å². The van der Waals surface area contributed by atoms with Gasteiger partial charge in [-0.25, -0.2) is 17.2 Å². The van der Waals surface area contributed by atoms with Crippen LogP contribution in [-0.2, 0) is 25.8 Å². The lowest BCUT2D eigenvalue weighted by Crippen LogP contribution is -2.20. The van der Waals surface area contributed by atoms with E-state index in [0.29, 0.717) is 17.3 Å². The van der Waals surface area contributed by atoms with E-state index in [4.69, 9.17) is 0 Å². The number of carbonyl (C=O) groups is 2. The van der Waals surface area contributed by atoms with Gasteiger partial charge in [-0.15, -0.1) is 0 Å². The largest absolute Gasteiger partial charge is 0.324 e. The van der Waals surface area contributed by atoms with Crippen LogP contribution in [0.5, 0.6) is 0 Å². The molecule has 3 rings (SSSR count). The van der Waals surface area contributed by atoms with Crippen LogP contribution in [0.15, 0.2) is 41.3 Å². The molecule has 0 radical (unpaired) electrons. The van der Waals surface area contributed by atoms with Crippen LogP contribution in [0.4, 0.5) is 20.2 Å². The van der Waals surface area contributed by atoms with Crippen molar-refractivity contribution in [3.05, 3.63) is 53.6 Å². The van der Waals surface area contributed by atoms with Crippen molar-refractivity contribution in [2.75, 3.05) is 23.0 Å². The molecule has 2 aromatic rings. The summed E-state index contributed by atoms with van der Waals surface area (Å²) in [6.07, 6.45) is -0.269. The number of fused-ring (bicyclic) bond motifs is 1. The number of anilines is 2. The second-order valence-corrected chi connectivity index (χ2v) is 8.27. The lowest BCUT2D eigenvalue weighted by molar-refractivity contribution is -0.117. The van der Waals surface area contributed by atoms with Crippen LogP contribution in [0.2, 0.25) is 0 Å². The Kier molecular flexibility index (Phi) is 4.97. The zero-order chi connectivity index (χ0) is 19.8. The normalized spacial score (nSPS) is 13.6. The fraction of sp³-hybridized carbons (Fsp3) is 0.222. The quantitative estimate of drug-likeness (QED) is 0.843. The minimum absolute atomic E-state index is 0.0186. The van der Waals surface area contributed by atoms with Crippen molar-refractivity contribution >= 4 is 33.0 Å². The highest BCUT2D eigenvalue weighted by atomic mass is 32.2. The minimum Gasteiger partial charge on any atom is -0.324 e. The first-order chi connectivity index (χ1) is 12.7. The van der Waals surface area contributed by atoms with E-state index in [0.717, 1.165) is 12.1 Å². The van der Waals surface area contributed by atoms with Gasteiger partial charge in [0, 0.05) is 25.2 Å². The Morgan fingerprint density at radius 3 is 2.63 bits per heavy atom. The lowest BCUT2D eigenvalue weighted by Gasteiger charge is -2.11. The summed E-state index contributed by atoms with van der Waals surface area (Å²) >= 11 is 0. The molecular weight excluding hydrogens is 378 g/mol. The Hall–Kier alpha value is -2.81. The van der Waals surface area contributed by atoms with Crippen LogP contribution in [0, 0.1) is 11.6 Å². The average Bonchev–Trinajstić information content (AvgIpc) is 2.89. The maximum Gasteiger partial charge on any atom is 0.231 e. The van der Waals surface area contributed by atoms with Gasteiger partial charge in [-0.3, -0.25) is 9.59 Å². The minimum atomic E-state index is -3.77. The number of likely N-dealkylation sites (N-methyl/N-ethyl adjacent to an activating group) is 1. The lowest BCUT2D eigenvalue weighted by atomic mass is 10.2. The van der Waals surface area contributed by atoms with Crippen molar-refractivity contribution in [1.29, 1.82) is 0 Å². The molecule has 1 aliphatic heterocycles. The van der Waals surface area contributed by atoms with Gasteiger partial charge in [-0.1, -0.05) is 0 Å². The molecule has 1 heterocycles. The van der Waals surface area contributed by atoms with Gasteiger partial charge in [0.25, 0.3) is 0 Å². The van der Waals surface area contributed by atoms with Crippen molar-refractivity contribution in [3.8, 4) is 0 Å². The number of nitrogens with zero attached hydrogens (tertiary/aromatic N) is 1. The summed E-state index contributed by atoms with van der Waals surface area (Å²) in [5.74, 6) is -3.04. The Balaban J connectivity index is 1.67. The van der Waals surface area contributed by atoms with Gasteiger partial charge in [0.05, 0.1) is 22.8 Å². The van der Waals surface area contributed by atoms with Crippen LogP contribution in [-0.4, -0.2) is 33.0 Å². The maximum absolute atomic E-state index is 13.5. The molecule has 0 unspecified atom stereocenters. The van der Waals surface area contributed by atoms with Gasteiger partial charge in [-0.2, -0.15) is 0 Å². The molecule has 142 valence electrons. The van der Waals surface area contributed by atoms with E-state index in [1.165, 1.54) is 17.0 Å². The van der Waals surface area contributed by atoms with Crippen LogP contribution in [0.1, 0.15) is 12.0 Å². The smallest absolute Gasteiger partial charge is 0.231 e. The van der Waals surface area contributed by atoms with E-state index >= 15 is 0 Å². The van der Waals surface area contributed by atoms with E-state index in [-0.39, 0.29) is 22.9 Å². The third-order valence-electron chi connectivity index (χ3n) is 4.29. The molecule has 6 nitrogen and oxygen atoms in total. The third-order valence-corrected chi connectivity index (χ3v) is 6.00. The molecule has 0 bridgehead atoms. The average molecular weight is 394 g/mol. The highest BCUT2D eigenvalue weighted by Gasteiger charge is 2.26. The van der Waals surface area contributed by atoms with Crippen LogP contribution in [0.3, 0.4) is 0 Å². The summed E-state index contributed by atoms with van der Waals surface area (Å²) in [5, 5.41) is 2.22. The number of nitrogens with one attached hydrogen (secondary N) is 1. The zero-order valence-corrected chi connectivity index (χ0v) is 15.1. The molecular formula is C18H16F2N2O4S. The molecule has 0 saturated heterocycles. The number of rotatable bonds is 5. The molecule has 0 aromatic heterocycles. The summed E-state index contributed by atoms with van der Waals surface area (Å²) in [5.41, 5.74) is 1.04. The molecule has 2 aromatic carbocycles. The number of carbonyl (C=O) groups excluding carboxylic acids is 2. The molecule has 2 amide bonds. The van der Waals surface area contributed by atoms with Gasteiger partial charge in [-0.05, 0) is 35.9 Å². The second kappa shape index (κ2) is 7.07. The van der Waals surface area contributed by atoms with Crippen molar-refractivity contribution in [2.45, 2.75) is 17.7 Å². The first kappa shape index (κ1) is 19.0. The highest BCUT2D eigenvalue weighted by molar-refractivity contribution is 7.91. The predicted molar refractivity (Wildman–Crippen MR) is 95.2 cm³/mol. The van der Waals surface area contributed by atoms with Gasteiger partial charge in [0.2, 0.25) is 11.8 Å². The van der Waals surface area contributed by atoms with E-state index in [1.807, 2.05) is 0 Å². The Morgan fingerprint density at radius 1 is 1.19 bits per heavy atom. The first-order valence-electron chi connectivity index (χ1n) is 8.04. The molecule has 0 saturated carbocycles. The van der Waals surface area contributed by atoms with Gasteiger partial charge in [0.15, 0.2) is 9.84 Å². The Morgan fingerprint density at radius 2 is 1.93 bits per heavy atom. The number of sulfone groups is 1. The molecule has 1 aliphatic rings. The van der Waals surface area contributed by atoms with E-state index in [2.05, 4.69) is 5.32 Å². The van der Waals surface area contributed by atoms with Crippen molar-refractivity contribution in [1.82, 2.24) is 0 Å². The first-order valence-corrected chi connectivity index (χ1v) is 9.70. The summed E-state index contributed by atoms with van der Waals surface area (Å²) < 4.78 is 51.3. The Bertz CT molecular complexity index is 1040. The van der Waals surface area contributed by atoms with E-state index < -0.39 is 39.6 Å². The summed E-state index contributed by atoms with van der Waals surface area (Å²) in [4.78, 5) is 25.1.